The molecule has 41 heavy (non-hydrogen) atoms. The zero-order chi connectivity index (χ0) is 28.4. The number of aromatic nitrogens is 5. The molecule has 5 aromatic rings. The molecule has 0 unspecified atom stereocenters. The van der Waals surface area contributed by atoms with Crippen LogP contribution >= 0.6 is 11.3 Å². The summed E-state index contributed by atoms with van der Waals surface area (Å²) in [5.41, 5.74) is 8.70. The Morgan fingerprint density at radius 1 is 1.17 bits per heavy atom. The monoisotopic (exact) mass is 571 g/mol. The van der Waals surface area contributed by atoms with Crippen LogP contribution in [0.1, 0.15) is 58.3 Å². The van der Waals surface area contributed by atoms with E-state index in [1.807, 2.05) is 47.5 Å². The van der Waals surface area contributed by atoms with E-state index in [1.54, 1.807) is 30.6 Å². The highest BCUT2D eigenvalue weighted by Gasteiger charge is 2.34. The number of carbonyl (C=O) groups is 1. The average molecular weight is 572 g/mol. The number of ether oxygens (including phenoxy) is 1. The van der Waals surface area contributed by atoms with Crippen LogP contribution in [-0.2, 0) is 23.3 Å². The lowest BCUT2D eigenvalue weighted by Gasteiger charge is -2.23. The van der Waals surface area contributed by atoms with Crippen LogP contribution in [0.3, 0.4) is 0 Å². The van der Waals surface area contributed by atoms with Gasteiger partial charge in [0, 0.05) is 24.6 Å². The van der Waals surface area contributed by atoms with E-state index in [9.17, 15) is 4.79 Å². The first kappa shape index (κ1) is 26.9. The summed E-state index contributed by atoms with van der Waals surface area (Å²) in [5, 5.41) is 11.4. The van der Waals surface area contributed by atoms with Crippen LogP contribution in [0, 0.1) is 0 Å². The molecule has 1 fully saturated rings. The molecule has 1 amide bonds. The van der Waals surface area contributed by atoms with Crippen molar-refractivity contribution in [3.63, 3.8) is 0 Å². The third-order valence-electron chi connectivity index (χ3n) is 6.93. The predicted molar refractivity (Wildman–Crippen MR) is 151 cm³/mol. The van der Waals surface area contributed by atoms with E-state index < -0.39 is 5.54 Å². The minimum absolute atomic E-state index is 0.120. The Morgan fingerprint density at radius 2 is 1.98 bits per heavy atom. The first-order valence-corrected chi connectivity index (χ1v) is 14.1. The number of nitrogens with two attached hydrogens (primary N) is 1. The third kappa shape index (κ3) is 5.67. The van der Waals surface area contributed by atoms with Gasteiger partial charge in [0.25, 0.3) is 11.8 Å². The molecule has 11 nitrogen and oxygen atoms in total. The number of likely N-dealkylation sites (tertiary alicyclic amines) is 1. The predicted octanol–water partition coefficient (Wildman–Crippen LogP) is 4.78. The van der Waals surface area contributed by atoms with Crippen molar-refractivity contribution in [2.75, 3.05) is 13.7 Å². The highest BCUT2D eigenvalue weighted by Crippen LogP contribution is 2.36. The number of methoxy groups -OCH3 is 1. The fraction of sp³-hybridized carbons (Fsp3) is 0.310. The van der Waals surface area contributed by atoms with Crippen molar-refractivity contribution >= 4 is 17.2 Å². The summed E-state index contributed by atoms with van der Waals surface area (Å²) in [6.45, 7) is 2.89. The van der Waals surface area contributed by atoms with Crippen molar-refractivity contribution in [1.82, 2.24) is 30.0 Å². The Kier molecular flexibility index (Phi) is 7.43. The van der Waals surface area contributed by atoms with E-state index in [1.165, 1.54) is 12.5 Å². The Morgan fingerprint density at radius 3 is 2.73 bits per heavy atom. The van der Waals surface area contributed by atoms with Gasteiger partial charge in [-0.3, -0.25) is 4.79 Å². The number of thiazole rings is 1. The lowest BCUT2D eigenvalue weighted by Crippen LogP contribution is -2.35. The van der Waals surface area contributed by atoms with Crippen molar-refractivity contribution in [2.24, 2.45) is 5.73 Å². The van der Waals surface area contributed by atoms with E-state index in [4.69, 9.17) is 24.3 Å². The van der Waals surface area contributed by atoms with E-state index in [0.717, 1.165) is 29.1 Å². The Balaban J connectivity index is 1.32. The molecular formula is C29H29N7O4S. The molecule has 2 atom stereocenters. The normalized spacial score (nSPS) is 16.7. The van der Waals surface area contributed by atoms with Crippen LogP contribution in [0.5, 0.6) is 0 Å². The molecule has 0 spiro atoms. The van der Waals surface area contributed by atoms with Crippen molar-refractivity contribution in [3.05, 3.63) is 88.0 Å². The van der Waals surface area contributed by atoms with Gasteiger partial charge in [0.2, 0.25) is 11.8 Å². The van der Waals surface area contributed by atoms with Gasteiger partial charge in [-0.2, -0.15) is 0 Å². The smallest absolute Gasteiger partial charge is 0.266 e. The molecular weight excluding hydrogens is 542 g/mol. The third-order valence-corrected chi connectivity index (χ3v) is 7.93. The molecule has 1 aliphatic heterocycles. The first-order valence-electron chi connectivity index (χ1n) is 13.2. The highest BCUT2D eigenvalue weighted by atomic mass is 32.1. The molecule has 210 valence electrons. The summed E-state index contributed by atoms with van der Waals surface area (Å²) in [4.78, 5) is 29.4. The summed E-state index contributed by atoms with van der Waals surface area (Å²) < 4.78 is 16.8. The number of oxazole rings is 1. The highest BCUT2D eigenvalue weighted by molar-refractivity contribution is 7.09. The largest absolute Gasteiger partial charge is 0.443 e. The minimum atomic E-state index is -0.913. The maximum absolute atomic E-state index is 13.9. The van der Waals surface area contributed by atoms with E-state index in [-0.39, 0.29) is 29.6 Å². The van der Waals surface area contributed by atoms with E-state index >= 15 is 0 Å². The molecule has 0 radical (unpaired) electrons. The van der Waals surface area contributed by atoms with E-state index in [0.29, 0.717) is 36.5 Å². The molecule has 5 heterocycles. The zero-order valence-electron chi connectivity index (χ0n) is 22.7. The van der Waals surface area contributed by atoms with Gasteiger partial charge in [0.15, 0.2) is 0 Å². The van der Waals surface area contributed by atoms with Gasteiger partial charge in [-0.15, -0.1) is 21.5 Å². The summed E-state index contributed by atoms with van der Waals surface area (Å²) >= 11 is 1.54. The number of hydrogen-bond donors (Lipinski definition) is 1. The SMILES string of the molecule is COCc1csc([C@H]2CCCN2C(=O)c2cc(-c3ncco3)nc(-c3nnc([C@](C)(N)Cc4ccccc4)o3)c2)n1. The fourth-order valence-electron chi connectivity index (χ4n) is 5.00. The van der Waals surface area contributed by atoms with Gasteiger partial charge in [-0.25, -0.2) is 15.0 Å². The second-order valence-electron chi connectivity index (χ2n) is 10.2. The maximum Gasteiger partial charge on any atom is 0.266 e. The molecule has 1 saturated heterocycles. The maximum atomic E-state index is 13.9. The van der Waals surface area contributed by atoms with Crippen LogP contribution in [0.25, 0.3) is 23.2 Å². The Hall–Kier alpha value is -4.26. The van der Waals surface area contributed by atoms with Gasteiger partial charge in [0.1, 0.15) is 22.7 Å². The van der Waals surface area contributed by atoms with Crippen LogP contribution in [0.15, 0.2) is 69.1 Å². The van der Waals surface area contributed by atoms with Gasteiger partial charge < -0.3 is 24.2 Å². The van der Waals surface area contributed by atoms with Crippen molar-refractivity contribution in [2.45, 2.75) is 44.4 Å². The number of amides is 1. The Labute approximate surface area is 240 Å². The summed E-state index contributed by atoms with van der Waals surface area (Å²) in [6, 6.07) is 13.1. The zero-order valence-corrected chi connectivity index (χ0v) is 23.5. The molecule has 0 bridgehead atoms. The average Bonchev–Trinajstić information content (AvgIpc) is 3.80. The summed E-state index contributed by atoms with van der Waals surface area (Å²) in [7, 11) is 1.64. The van der Waals surface area contributed by atoms with Crippen LogP contribution in [0.4, 0.5) is 0 Å². The molecule has 1 aliphatic rings. The second kappa shape index (κ2) is 11.3. The van der Waals surface area contributed by atoms with Crippen LogP contribution in [-0.4, -0.2) is 49.6 Å². The fourth-order valence-corrected chi connectivity index (χ4v) is 5.95. The number of benzene rings is 1. The lowest BCUT2D eigenvalue weighted by atomic mass is 9.94. The van der Waals surface area contributed by atoms with Gasteiger partial charge in [0.05, 0.1) is 30.1 Å². The Bertz CT molecular complexity index is 1630. The van der Waals surface area contributed by atoms with Crippen molar-refractivity contribution in [3.8, 4) is 23.2 Å². The van der Waals surface area contributed by atoms with Crippen molar-refractivity contribution in [1.29, 1.82) is 0 Å². The van der Waals surface area contributed by atoms with Crippen LogP contribution in [0.2, 0.25) is 0 Å². The number of rotatable bonds is 9. The molecule has 0 saturated carbocycles. The molecule has 1 aromatic carbocycles. The van der Waals surface area contributed by atoms with Crippen LogP contribution < -0.4 is 5.73 Å². The molecule has 2 N–H and O–H groups in total. The number of nitrogens with zero attached hydrogens (tertiary/aromatic N) is 6. The minimum Gasteiger partial charge on any atom is -0.443 e. The molecule has 0 aliphatic carbocycles. The second-order valence-corrected chi connectivity index (χ2v) is 11.1. The molecule has 12 heteroatoms. The summed E-state index contributed by atoms with van der Waals surface area (Å²) in [6.07, 6.45) is 5.19. The number of hydrogen-bond acceptors (Lipinski definition) is 11. The van der Waals surface area contributed by atoms with Gasteiger partial charge in [-0.05, 0) is 43.9 Å². The van der Waals surface area contributed by atoms with Crippen molar-refractivity contribution < 1.29 is 18.4 Å². The van der Waals surface area contributed by atoms with Gasteiger partial charge >= 0.3 is 0 Å². The standard InChI is InChI=1S/C29H29N7O4S/c1-29(30,15-18-7-4-3-5-8-18)28-35-34-25(40-28)22-14-19(13-21(33-22)24-31-10-12-39-24)27(37)36-11-6-9-23(36)26-32-20(16-38-2)17-41-26/h3-5,7-8,10,12-14,17,23H,6,9,11,15-16,30H2,1-2H3/t23-,29-/m1/s1. The number of carbonyl (C=O) groups excluding carboxylic acids is 1. The quantitative estimate of drug-likeness (QED) is 0.262. The topological polar surface area (TPSA) is 146 Å². The lowest BCUT2D eigenvalue weighted by molar-refractivity contribution is 0.0735. The number of pyridine rings is 1. The molecule has 4 aromatic heterocycles. The van der Waals surface area contributed by atoms with Gasteiger partial charge in [-0.1, -0.05) is 30.3 Å². The first-order chi connectivity index (χ1) is 19.9. The summed E-state index contributed by atoms with van der Waals surface area (Å²) in [5.74, 6) is 0.535. The molecule has 6 rings (SSSR count). The van der Waals surface area contributed by atoms with E-state index in [2.05, 4.69) is 20.2 Å².